The van der Waals surface area contributed by atoms with Crippen molar-refractivity contribution in [3.05, 3.63) is 90.4 Å². The fourth-order valence-corrected chi connectivity index (χ4v) is 2.79. The summed E-state index contributed by atoms with van der Waals surface area (Å²) in [5, 5.41) is 0. The van der Waals surface area contributed by atoms with E-state index in [4.69, 9.17) is 4.42 Å². The molecular formula is C19H14O2S. The molecule has 0 saturated heterocycles. The van der Waals surface area contributed by atoms with Crippen molar-refractivity contribution < 1.29 is 9.21 Å². The third-order valence-corrected chi connectivity index (χ3v) is 4.08. The van der Waals surface area contributed by atoms with Crippen LogP contribution < -0.4 is 0 Å². The molecule has 2 aromatic carbocycles. The molecule has 0 atom stereocenters. The Morgan fingerprint density at radius 3 is 2.27 bits per heavy atom. The molecule has 0 aliphatic heterocycles. The molecule has 0 radical (unpaired) electrons. The topological polar surface area (TPSA) is 30.2 Å². The molecule has 3 aromatic rings. The van der Waals surface area contributed by atoms with Crippen LogP contribution in [0.2, 0.25) is 0 Å². The highest BCUT2D eigenvalue weighted by atomic mass is 32.2. The van der Waals surface area contributed by atoms with Crippen molar-refractivity contribution in [3.8, 4) is 0 Å². The van der Waals surface area contributed by atoms with E-state index in [-0.39, 0.29) is 5.78 Å². The quantitative estimate of drug-likeness (QED) is 0.471. The van der Waals surface area contributed by atoms with Crippen molar-refractivity contribution in [2.24, 2.45) is 0 Å². The Bertz CT molecular complexity index is 757. The molecule has 0 fully saturated rings. The number of allylic oxidation sites excluding steroid dienone is 1. The van der Waals surface area contributed by atoms with Gasteiger partial charge in [-0.2, -0.15) is 0 Å². The molecule has 22 heavy (non-hydrogen) atoms. The molecule has 1 aromatic heterocycles. The molecule has 3 heteroatoms. The van der Waals surface area contributed by atoms with Crippen LogP contribution in [0.1, 0.15) is 16.1 Å². The van der Waals surface area contributed by atoms with Gasteiger partial charge in [0.1, 0.15) is 5.76 Å². The second-order valence-electron chi connectivity index (χ2n) is 4.65. The second kappa shape index (κ2) is 6.96. The van der Waals surface area contributed by atoms with E-state index in [0.717, 1.165) is 4.90 Å². The minimum absolute atomic E-state index is 0.0346. The Hall–Kier alpha value is -2.52. The lowest BCUT2D eigenvalue weighted by molar-refractivity contribution is 0.104. The Labute approximate surface area is 133 Å². The SMILES string of the molecule is O=C(/C=C/c1ccco1)c1ccc(Sc2ccccc2)cc1. The summed E-state index contributed by atoms with van der Waals surface area (Å²) in [6.45, 7) is 0. The molecule has 108 valence electrons. The maximum Gasteiger partial charge on any atom is 0.185 e. The van der Waals surface area contributed by atoms with Crippen molar-refractivity contribution in [2.45, 2.75) is 9.79 Å². The van der Waals surface area contributed by atoms with Crippen molar-refractivity contribution in [2.75, 3.05) is 0 Å². The van der Waals surface area contributed by atoms with Gasteiger partial charge in [-0.1, -0.05) is 30.0 Å². The van der Waals surface area contributed by atoms with E-state index in [1.54, 1.807) is 30.2 Å². The zero-order valence-corrected chi connectivity index (χ0v) is 12.6. The van der Waals surface area contributed by atoms with E-state index in [2.05, 4.69) is 12.1 Å². The predicted molar refractivity (Wildman–Crippen MR) is 89.1 cm³/mol. The van der Waals surface area contributed by atoms with Crippen LogP contribution in [0.4, 0.5) is 0 Å². The highest BCUT2D eigenvalue weighted by Crippen LogP contribution is 2.27. The van der Waals surface area contributed by atoms with Crippen LogP contribution in [0.5, 0.6) is 0 Å². The van der Waals surface area contributed by atoms with Gasteiger partial charge in [0.25, 0.3) is 0 Å². The highest BCUT2D eigenvalue weighted by Gasteiger charge is 2.03. The first kappa shape index (κ1) is 14.4. The van der Waals surface area contributed by atoms with Crippen molar-refractivity contribution in [1.82, 2.24) is 0 Å². The maximum atomic E-state index is 12.1. The number of furan rings is 1. The summed E-state index contributed by atoms with van der Waals surface area (Å²) in [6, 6.07) is 21.4. The zero-order valence-electron chi connectivity index (χ0n) is 11.8. The van der Waals surface area contributed by atoms with E-state index in [9.17, 15) is 4.79 Å². The molecule has 0 spiro atoms. The van der Waals surface area contributed by atoms with Gasteiger partial charge in [0.05, 0.1) is 6.26 Å². The van der Waals surface area contributed by atoms with Gasteiger partial charge in [-0.3, -0.25) is 4.79 Å². The third-order valence-electron chi connectivity index (χ3n) is 3.06. The molecular weight excluding hydrogens is 292 g/mol. The summed E-state index contributed by atoms with van der Waals surface area (Å²) in [6.07, 6.45) is 4.78. The summed E-state index contributed by atoms with van der Waals surface area (Å²) in [7, 11) is 0. The first-order valence-electron chi connectivity index (χ1n) is 6.90. The van der Waals surface area contributed by atoms with Crippen LogP contribution in [-0.4, -0.2) is 5.78 Å². The van der Waals surface area contributed by atoms with Gasteiger partial charge in [-0.15, -0.1) is 0 Å². The van der Waals surface area contributed by atoms with E-state index >= 15 is 0 Å². The standard InChI is InChI=1S/C19H14O2S/c20-19(13-10-16-5-4-14-21-16)15-8-11-18(12-9-15)22-17-6-2-1-3-7-17/h1-14H/b13-10+. The van der Waals surface area contributed by atoms with Crippen LogP contribution in [0.3, 0.4) is 0 Å². The smallest absolute Gasteiger partial charge is 0.185 e. The largest absolute Gasteiger partial charge is 0.465 e. The Kier molecular flexibility index (Phi) is 4.56. The number of hydrogen-bond acceptors (Lipinski definition) is 3. The number of ketones is 1. The maximum absolute atomic E-state index is 12.1. The van der Waals surface area contributed by atoms with Crippen molar-refractivity contribution in [1.29, 1.82) is 0 Å². The Morgan fingerprint density at radius 2 is 1.59 bits per heavy atom. The number of carbonyl (C=O) groups is 1. The molecule has 0 aliphatic rings. The van der Waals surface area contributed by atoms with E-state index in [1.807, 2.05) is 48.5 Å². The predicted octanol–water partition coefficient (Wildman–Crippen LogP) is 5.33. The molecule has 0 bridgehead atoms. The molecule has 0 amide bonds. The van der Waals surface area contributed by atoms with Crippen molar-refractivity contribution >= 4 is 23.6 Å². The van der Waals surface area contributed by atoms with E-state index in [0.29, 0.717) is 11.3 Å². The van der Waals surface area contributed by atoms with Crippen LogP contribution >= 0.6 is 11.8 Å². The molecule has 2 nitrogen and oxygen atoms in total. The molecule has 0 aliphatic carbocycles. The molecule has 0 saturated carbocycles. The van der Waals surface area contributed by atoms with Gasteiger partial charge in [0, 0.05) is 15.4 Å². The Balaban J connectivity index is 1.67. The summed E-state index contributed by atoms with van der Waals surface area (Å²) in [5.74, 6) is 0.636. The Morgan fingerprint density at radius 1 is 0.864 bits per heavy atom. The first-order chi connectivity index (χ1) is 10.8. The third kappa shape index (κ3) is 3.77. The van der Waals surface area contributed by atoms with Gasteiger partial charge < -0.3 is 4.42 Å². The first-order valence-corrected chi connectivity index (χ1v) is 7.72. The van der Waals surface area contributed by atoms with Crippen LogP contribution in [0.15, 0.2) is 93.3 Å². The fourth-order valence-electron chi connectivity index (χ4n) is 1.95. The molecule has 1 heterocycles. The lowest BCUT2D eigenvalue weighted by Gasteiger charge is -2.02. The summed E-state index contributed by atoms with van der Waals surface area (Å²) >= 11 is 1.68. The zero-order chi connectivity index (χ0) is 15.2. The average molecular weight is 306 g/mol. The molecule has 3 rings (SSSR count). The van der Waals surface area contributed by atoms with Gasteiger partial charge in [0.15, 0.2) is 5.78 Å². The number of benzene rings is 2. The van der Waals surface area contributed by atoms with Gasteiger partial charge in [0.2, 0.25) is 0 Å². The fraction of sp³-hybridized carbons (Fsp3) is 0. The van der Waals surface area contributed by atoms with E-state index in [1.165, 1.54) is 11.0 Å². The minimum atomic E-state index is -0.0346. The van der Waals surface area contributed by atoms with E-state index < -0.39 is 0 Å². The number of carbonyl (C=O) groups excluding carboxylic acids is 1. The number of hydrogen-bond donors (Lipinski definition) is 0. The molecule has 0 N–H and O–H groups in total. The van der Waals surface area contributed by atoms with Crippen LogP contribution in [0, 0.1) is 0 Å². The van der Waals surface area contributed by atoms with Crippen LogP contribution in [0.25, 0.3) is 6.08 Å². The molecule has 0 unspecified atom stereocenters. The summed E-state index contributed by atoms with van der Waals surface area (Å²) in [4.78, 5) is 14.4. The average Bonchev–Trinajstić information content (AvgIpc) is 3.08. The van der Waals surface area contributed by atoms with Gasteiger partial charge in [-0.05, 0) is 60.7 Å². The second-order valence-corrected chi connectivity index (χ2v) is 5.80. The summed E-state index contributed by atoms with van der Waals surface area (Å²) in [5.41, 5.74) is 0.667. The minimum Gasteiger partial charge on any atom is -0.465 e. The highest BCUT2D eigenvalue weighted by molar-refractivity contribution is 7.99. The van der Waals surface area contributed by atoms with Gasteiger partial charge in [-0.25, -0.2) is 0 Å². The normalized spacial score (nSPS) is 10.9. The van der Waals surface area contributed by atoms with Gasteiger partial charge >= 0.3 is 0 Å². The van der Waals surface area contributed by atoms with Crippen LogP contribution in [-0.2, 0) is 0 Å². The van der Waals surface area contributed by atoms with Crippen molar-refractivity contribution in [3.63, 3.8) is 0 Å². The summed E-state index contributed by atoms with van der Waals surface area (Å²) < 4.78 is 5.16. The number of rotatable bonds is 5. The lowest BCUT2D eigenvalue weighted by Crippen LogP contribution is -1.93. The lowest BCUT2D eigenvalue weighted by atomic mass is 10.1. The monoisotopic (exact) mass is 306 g/mol.